The molecule has 0 bridgehead atoms. The van der Waals surface area contributed by atoms with Gasteiger partial charge in [0, 0.05) is 19.0 Å². The van der Waals surface area contributed by atoms with E-state index in [1.807, 2.05) is 0 Å². The van der Waals surface area contributed by atoms with E-state index in [4.69, 9.17) is 0 Å². The summed E-state index contributed by atoms with van der Waals surface area (Å²) in [5.74, 6) is 0.181. The Balaban J connectivity index is 3.37. The smallest absolute Gasteiger partial charge is 0.220 e. The molecule has 0 spiro atoms. The van der Waals surface area contributed by atoms with Gasteiger partial charge < -0.3 is 15.5 Å². The Labute approximate surface area is 113 Å². The minimum Gasteiger partial charge on any atom is -0.356 e. The van der Waals surface area contributed by atoms with E-state index in [1.54, 1.807) is 0 Å². The molecule has 0 unspecified atom stereocenters. The molecule has 0 rings (SSSR count). The van der Waals surface area contributed by atoms with Crippen LogP contribution < -0.4 is 10.6 Å². The molecule has 0 aliphatic heterocycles. The summed E-state index contributed by atoms with van der Waals surface area (Å²) >= 11 is 0. The fraction of sp³-hybridized carbons (Fsp3) is 0.929. The van der Waals surface area contributed by atoms with Crippen molar-refractivity contribution in [3.63, 3.8) is 0 Å². The first-order valence-corrected chi connectivity index (χ1v) is 7.32. The van der Waals surface area contributed by atoms with Crippen molar-refractivity contribution in [2.75, 3.05) is 32.7 Å². The van der Waals surface area contributed by atoms with Gasteiger partial charge in [0.1, 0.15) is 0 Å². The van der Waals surface area contributed by atoms with Gasteiger partial charge in [-0.25, -0.2) is 0 Å². The van der Waals surface area contributed by atoms with Crippen LogP contribution in [0.15, 0.2) is 0 Å². The fourth-order valence-electron chi connectivity index (χ4n) is 1.80. The normalized spacial score (nSPS) is 11.2. The lowest BCUT2D eigenvalue weighted by atomic mass is 10.2. The monoisotopic (exact) mass is 257 g/mol. The van der Waals surface area contributed by atoms with Gasteiger partial charge in [0.15, 0.2) is 0 Å². The highest BCUT2D eigenvalue weighted by Gasteiger charge is 2.02. The molecule has 0 aliphatic carbocycles. The summed E-state index contributed by atoms with van der Waals surface area (Å²) < 4.78 is 0. The molecule has 0 aromatic carbocycles. The quantitative estimate of drug-likeness (QED) is 0.553. The number of hydrogen-bond acceptors (Lipinski definition) is 3. The highest BCUT2D eigenvalue weighted by atomic mass is 16.1. The third-order valence-electron chi connectivity index (χ3n) is 3.00. The maximum absolute atomic E-state index is 11.5. The second-order valence-electron chi connectivity index (χ2n) is 4.94. The molecular formula is C14H31N3O. The summed E-state index contributed by atoms with van der Waals surface area (Å²) in [6.07, 6.45) is 2.59. The topological polar surface area (TPSA) is 44.4 Å². The van der Waals surface area contributed by atoms with Crippen molar-refractivity contribution in [2.24, 2.45) is 0 Å². The van der Waals surface area contributed by atoms with Crippen LogP contribution in [0.2, 0.25) is 0 Å². The summed E-state index contributed by atoms with van der Waals surface area (Å²) in [6, 6.07) is 0.502. The van der Waals surface area contributed by atoms with Crippen molar-refractivity contribution in [1.29, 1.82) is 0 Å². The van der Waals surface area contributed by atoms with Gasteiger partial charge in [0.25, 0.3) is 0 Å². The Hall–Kier alpha value is -0.610. The van der Waals surface area contributed by atoms with Crippen LogP contribution in [0.1, 0.15) is 47.0 Å². The highest BCUT2D eigenvalue weighted by molar-refractivity contribution is 5.75. The van der Waals surface area contributed by atoms with Gasteiger partial charge >= 0.3 is 0 Å². The standard InChI is InChI=1S/C14H31N3O/c1-5-17(6-2)12-8-11-16-14(18)9-7-10-15-13(3)4/h13,15H,5-12H2,1-4H3,(H,16,18). The Morgan fingerprint density at radius 1 is 1.11 bits per heavy atom. The van der Waals surface area contributed by atoms with Gasteiger partial charge in [0.05, 0.1) is 0 Å². The molecule has 0 saturated carbocycles. The first-order chi connectivity index (χ1) is 8.60. The third kappa shape index (κ3) is 10.5. The molecule has 0 radical (unpaired) electrons. The number of nitrogens with zero attached hydrogens (tertiary/aromatic N) is 1. The molecular weight excluding hydrogens is 226 g/mol. The van der Waals surface area contributed by atoms with Crippen molar-refractivity contribution in [3.05, 3.63) is 0 Å². The Bertz CT molecular complexity index is 203. The molecule has 18 heavy (non-hydrogen) atoms. The summed E-state index contributed by atoms with van der Waals surface area (Å²) in [7, 11) is 0. The van der Waals surface area contributed by atoms with E-state index in [2.05, 4.69) is 43.2 Å². The van der Waals surface area contributed by atoms with Crippen LogP contribution >= 0.6 is 0 Å². The van der Waals surface area contributed by atoms with Crippen LogP contribution in [0.25, 0.3) is 0 Å². The van der Waals surface area contributed by atoms with E-state index in [0.717, 1.165) is 45.6 Å². The van der Waals surface area contributed by atoms with Crippen LogP contribution in [0, 0.1) is 0 Å². The third-order valence-corrected chi connectivity index (χ3v) is 3.00. The number of carbonyl (C=O) groups excluding carboxylic acids is 1. The van der Waals surface area contributed by atoms with E-state index in [0.29, 0.717) is 12.5 Å². The first-order valence-electron chi connectivity index (χ1n) is 7.32. The van der Waals surface area contributed by atoms with Gasteiger partial charge in [-0.3, -0.25) is 4.79 Å². The van der Waals surface area contributed by atoms with Gasteiger partial charge in [0.2, 0.25) is 5.91 Å². The second-order valence-corrected chi connectivity index (χ2v) is 4.94. The summed E-state index contributed by atoms with van der Waals surface area (Å²) in [4.78, 5) is 13.9. The lowest BCUT2D eigenvalue weighted by molar-refractivity contribution is -0.121. The summed E-state index contributed by atoms with van der Waals surface area (Å²) in [5, 5.41) is 6.29. The van der Waals surface area contributed by atoms with Crippen molar-refractivity contribution in [1.82, 2.24) is 15.5 Å². The molecule has 0 heterocycles. The molecule has 0 aromatic heterocycles. The Morgan fingerprint density at radius 3 is 2.33 bits per heavy atom. The summed E-state index contributed by atoms with van der Waals surface area (Å²) in [5.41, 5.74) is 0. The molecule has 0 fully saturated rings. The molecule has 4 nitrogen and oxygen atoms in total. The van der Waals surface area contributed by atoms with Crippen molar-refractivity contribution < 1.29 is 4.79 Å². The minimum atomic E-state index is 0.181. The zero-order valence-corrected chi connectivity index (χ0v) is 12.6. The van der Waals surface area contributed by atoms with E-state index in [1.165, 1.54) is 0 Å². The van der Waals surface area contributed by atoms with Gasteiger partial charge in [-0.2, -0.15) is 0 Å². The number of nitrogens with one attached hydrogen (secondary N) is 2. The maximum Gasteiger partial charge on any atom is 0.220 e. The molecule has 0 aromatic rings. The Kier molecular flexibility index (Phi) is 11.1. The molecule has 1 amide bonds. The number of hydrogen-bond donors (Lipinski definition) is 2. The lowest BCUT2D eigenvalue weighted by Gasteiger charge is -2.17. The van der Waals surface area contributed by atoms with Crippen LogP contribution in [0.3, 0.4) is 0 Å². The van der Waals surface area contributed by atoms with E-state index < -0.39 is 0 Å². The predicted molar refractivity (Wildman–Crippen MR) is 77.8 cm³/mol. The van der Waals surface area contributed by atoms with Crippen LogP contribution in [0.5, 0.6) is 0 Å². The van der Waals surface area contributed by atoms with Crippen LogP contribution in [0.4, 0.5) is 0 Å². The van der Waals surface area contributed by atoms with E-state index in [9.17, 15) is 4.79 Å². The lowest BCUT2D eigenvalue weighted by Crippen LogP contribution is -2.30. The van der Waals surface area contributed by atoms with Crippen LogP contribution in [-0.2, 0) is 4.79 Å². The zero-order valence-electron chi connectivity index (χ0n) is 12.6. The molecule has 0 saturated heterocycles. The summed E-state index contributed by atoms with van der Waals surface area (Å²) in [6.45, 7) is 13.5. The van der Waals surface area contributed by atoms with E-state index >= 15 is 0 Å². The van der Waals surface area contributed by atoms with Crippen molar-refractivity contribution in [2.45, 2.75) is 53.0 Å². The highest BCUT2D eigenvalue weighted by Crippen LogP contribution is 1.91. The average molecular weight is 257 g/mol. The average Bonchev–Trinajstić information content (AvgIpc) is 2.34. The molecule has 2 N–H and O–H groups in total. The van der Waals surface area contributed by atoms with Crippen LogP contribution in [-0.4, -0.2) is 49.6 Å². The molecule has 0 atom stereocenters. The van der Waals surface area contributed by atoms with Crippen molar-refractivity contribution in [3.8, 4) is 0 Å². The van der Waals surface area contributed by atoms with Gasteiger partial charge in [-0.05, 0) is 39.0 Å². The largest absolute Gasteiger partial charge is 0.356 e. The van der Waals surface area contributed by atoms with Gasteiger partial charge in [-0.1, -0.05) is 27.7 Å². The van der Waals surface area contributed by atoms with Gasteiger partial charge in [-0.15, -0.1) is 0 Å². The zero-order chi connectivity index (χ0) is 13.8. The molecule has 108 valence electrons. The minimum absolute atomic E-state index is 0.181. The SMILES string of the molecule is CCN(CC)CCCNC(=O)CCCNC(C)C. The number of amides is 1. The molecule has 4 heteroatoms. The second kappa shape index (κ2) is 11.5. The maximum atomic E-state index is 11.5. The predicted octanol–water partition coefficient (Wildman–Crippen LogP) is 1.61. The fourth-order valence-corrected chi connectivity index (χ4v) is 1.80. The first kappa shape index (κ1) is 17.4. The molecule has 0 aliphatic rings. The van der Waals surface area contributed by atoms with Crippen molar-refractivity contribution >= 4 is 5.91 Å². The van der Waals surface area contributed by atoms with E-state index in [-0.39, 0.29) is 5.91 Å². The number of carbonyl (C=O) groups is 1. The number of rotatable bonds is 11. The Morgan fingerprint density at radius 2 is 1.78 bits per heavy atom.